The maximum absolute atomic E-state index is 12.9. The summed E-state index contributed by atoms with van der Waals surface area (Å²) in [5.41, 5.74) is 0.921. The van der Waals surface area contributed by atoms with Crippen molar-refractivity contribution >= 4 is 21.7 Å². The van der Waals surface area contributed by atoms with Gasteiger partial charge in [0.1, 0.15) is 5.82 Å². The summed E-state index contributed by atoms with van der Waals surface area (Å²) in [6.45, 7) is 2.56. The van der Waals surface area contributed by atoms with E-state index >= 15 is 0 Å². The lowest BCUT2D eigenvalue weighted by atomic mass is 10.0. The van der Waals surface area contributed by atoms with Crippen LogP contribution in [0.1, 0.15) is 24.0 Å². The molecular formula is C19H22BrN3O4. The summed E-state index contributed by atoms with van der Waals surface area (Å²) < 4.78 is 13.6. The number of aromatic nitrogens is 2. The van der Waals surface area contributed by atoms with E-state index in [9.17, 15) is 9.59 Å². The average molecular weight is 436 g/mol. The molecule has 2 aliphatic heterocycles. The standard InChI is InChI=1S/C19H22BrN3O4/c1-22-17(24)14(12-13-4-2-3-5-15(13)20)16(21-18(22)25)23-8-6-19(7-9-23)26-10-11-27-19/h2-5H,6-12H2,1H3,(H,21,25). The summed E-state index contributed by atoms with van der Waals surface area (Å²) in [6, 6.07) is 7.80. The second-order valence-corrected chi connectivity index (χ2v) is 7.84. The van der Waals surface area contributed by atoms with E-state index in [1.807, 2.05) is 24.3 Å². The van der Waals surface area contributed by atoms with Crippen LogP contribution in [0.5, 0.6) is 0 Å². The Kier molecular flexibility index (Phi) is 4.96. The number of benzene rings is 1. The molecule has 144 valence electrons. The van der Waals surface area contributed by atoms with Crippen molar-refractivity contribution < 1.29 is 9.47 Å². The van der Waals surface area contributed by atoms with Crippen molar-refractivity contribution in [2.24, 2.45) is 7.05 Å². The Hall–Kier alpha value is -1.90. The molecule has 4 rings (SSSR count). The fraction of sp³-hybridized carbons (Fsp3) is 0.474. The molecule has 2 saturated heterocycles. The van der Waals surface area contributed by atoms with Gasteiger partial charge in [-0.05, 0) is 11.6 Å². The van der Waals surface area contributed by atoms with Crippen molar-refractivity contribution in [2.75, 3.05) is 31.2 Å². The van der Waals surface area contributed by atoms with Gasteiger partial charge in [-0.2, -0.15) is 0 Å². The molecule has 7 nitrogen and oxygen atoms in total. The number of rotatable bonds is 3. The predicted octanol–water partition coefficient (Wildman–Crippen LogP) is 1.77. The van der Waals surface area contributed by atoms with Gasteiger partial charge in [0.15, 0.2) is 5.79 Å². The molecule has 8 heteroatoms. The summed E-state index contributed by atoms with van der Waals surface area (Å²) in [4.78, 5) is 30.1. The molecule has 1 aromatic heterocycles. The third-order valence-corrected chi connectivity index (χ3v) is 6.13. The minimum absolute atomic E-state index is 0.266. The van der Waals surface area contributed by atoms with Crippen LogP contribution in [0.25, 0.3) is 0 Å². The number of H-pyrrole nitrogens is 1. The van der Waals surface area contributed by atoms with Crippen LogP contribution in [0.2, 0.25) is 0 Å². The summed E-state index contributed by atoms with van der Waals surface area (Å²) in [5.74, 6) is 0.103. The van der Waals surface area contributed by atoms with Crippen LogP contribution in [0, 0.1) is 0 Å². The lowest BCUT2D eigenvalue weighted by Crippen LogP contribution is -2.47. The smallest absolute Gasteiger partial charge is 0.329 e. The zero-order valence-electron chi connectivity index (χ0n) is 15.2. The van der Waals surface area contributed by atoms with E-state index in [1.54, 1.807) is 0 Å². The van der Waals surface area contributed by atoms with Crippen LogP contribution in [-0.4, -0.2) is 41.6 Å². The fourth-order valence-corrected chi connectivity index (χ4v) is 4.20. The largest absolute Gasteiger partial charge is 0.357 e. The number of aromatic amines is 1. The lowest BCUT2D eigenvalue weighted by molar-refractivity contribution is -0.169. The third kappa shape index (κ3) is 3.49. The zero-order chi connectivity index (χ0) is 19.0. The highest BCUT2D eigenvalue weighted by Crippen LogP contribution is 2.33. The molecule has 2 aromatic rings. The van der Waals surface area contributed by atoms with Gasteiger partial charge in [-0.25, -0.2) is 4.79 Å². The first-order chi connectivity index (χ1) is 13.0. The lowest BCUT2D eigenvalue weighted by Gasteiger charge is -2.38. The number of hydrogen-bond acceptors (Lipinski definition) is 5. The van der Waals surface area contributed by atoms with Crippen LogP contribution in [-0.2, 0) is 22.9 Å². The summed E-state index contributed by atoms with van der Waals surface area (Å²) >= 11 is 3.54. The minimum Gasteiger partial charge on any atom is -0.357 e. The second-order valence-electron chi connectivity index (χ2n) is 6.98. The first-order valence-electron chi connectivity index (χ1n) is 9.07. The normalized spacial score (nSPS) is 19.0. The van der Waals surface area contributed by atoms with Crippen molar-refractivity contribution in [1.29, 1.82) is 0 Å². The first kappa shape index (κ1) is 18.5. The number of piperidine rings is 1. The molecule has 3 heterocycles. The van der Waals surface area contributed by atoms with Gasteiger partial charge in [0, 0.05) is 43.9 Å². The molecule has 2 aliphatic rings. The van der Waals surface area contributed by atoms with E-state index in [0.717, 1.165) is 14.6 Å². The number of nitrogens with one attached hydrogen (secondary N) is 1. The van der Waals surface area contributed by atoms with E-state index in [0.29, 0.717) is 56.9 Å². The SMILES string of the molecule is Cn1c(=O)[nH]c(N2CCC3(CC2)OCCO3)c(Cc2ccccc2Br)c1=O. The quantitative estimate of drug-likeness (QED) is 0.794. The topological polar surface area (TPSA) is 76.6 Å². The average Bonchev–Trinajstić information content (AvgIpc) is 3.12. The van der Waals surface area contributed by atoms with E-state index in [-0.39, 0.29) is 5.56 Å². The van der Waals surface area contributed by atoms with Crippen LogP contribution >= 0.6 is 15.9 Å². The zero-order valence-corrected chi connectivity index (χ0v) is 16.8. The van der Waals surface area contributed by atoms with E-state index in [2.05, 4.69) is 25.8 Å². The van der Waals surface area contributed by atoms with Gasteiger partial charge in [0.25, 0.3) is 5.56 Å². The Bertz CT molecular complexity index is 952. The van der Waals surface area contributed by atoms with Crippen molar-refractivity contribution in [3.8, 4) is 0 Å². The number of hydrogen-bond donors (Lipinski definition) is 1. The number of nitrogens with zero attached hydrogens (tertiary/aromatic N) is 2. The molecule has 0 amide bonds. The Morgan fingerprint density at radius 1 is 1.15 bits per heavy atom. The molecule has 1 aromatic carbocycles. The monoisotopic (exact) mass is 435 g/mol. The molecule has 0 unspecified atom stereocenters. The molecule has 0 aliphatic carbocycles. The Morgan fingerprint density at radius 2 is 1.81 bits per heavy atom. The van der Waals surface area contributed by atoms with Gasteiger partial charge in [-0.1, -0.05) is 34.1 Å². The Balaban J connectivity index is 1.69. The predicted molar refractivity (Wildman–Crippen MR) is 105 cm³/mol. The molecule has 1 spiro atoms. The molecule has 0 saturated carbocycles. The fourth-order valence-electron chi connectivity index (χ4n) is 3.77. The number of ether oxygens (including phenoxy) is 2. The summed E-state index contributed by atoms with van der Waals surface area (Å²) in [5, 5.41) is 0. The van der Waals surface area contributed by atoms with Gasteiger partial charge >= 0.3 is 5.69 Å². The molecule has 27 heavy (non-hydrogen) atoms. The second kappa shape index (κ2) is 7.26. The van der Waals surface area contributed by atoms with Crippen molar-refractivity contribution in [3.05, 3.63) is 60.7 Å². The van der Waals surface area contributed by atoms with E-state index in [4.69, 9.17) is 9.47 Å². The van der Waals surface area contributed by atoms with Gasteiger partial charge in [-0.15, -0.1) is 0 Å². The van der Waals surface area contributed by atoms with Gasteiger partial charge < -0.3 is 14.4 Å². The Labute approximate surface area is 165 Å². The number of anilines is 1. The van der Waals surface area contributed by atoms with Crippen LogP contribution in [0.4, 0.5) is 5.82 Å². The van der Waals surface area contributed by atoms with Crippen LogP contribution in [0.3, 0.4) is 0 Å². The van der Waals surface area contributed by atoms with E-state index < -0.39 is 11.5 Å². The maximum atomic E-state index is 12.9. The summed E-state index contributed by atoms with van der Waals surface area (Å²) in [6.07, 6.45) is 1.85. The first-order valence-corrected chi connectivity index (χ1v) is 9.87. The van der Waals surface area contributed by atoms with Crippen LogP contribution in [0.15, 0.2) is 38.3 Å². The van der Waals surface area contributed by atoms with Gasteiger partial charge in [0.05, 0.1) is 18.8 Å². The van der Waals surface area contributed by atoms with Crippen molar-refractivity contribution in [3.63, 3.8) is 0 Å². The van der Waals surface area contributed by atoms with Crippen molar-refractivity contribution in [1.82, 2.24) is 9.55 Å². The van der Waals surface area contributed by atoms with Gasteiger partial charge in [-0.3, -0.25) is 14.3 Å². The van der Waals surface area contributed by atoms with Crippen LogP contribution < -0.4 is 16.1 Å². The van der Waals surface area contributed by atoms with Gasteiger partial charge in [0.2, 0.25) is 0 Å². The Morgan fingerprint density at radius 3 is 2.48 bits per heavy atom. The minimum atomic E-state index is -0.501. The van der Waals surface area contributed by atoms with E-state index in [1.165, 1.54) is 7.05 Å². The molecule has 2 fully saturated rings. The molecular weight excluding hydrogens is 414 g/mol. The molecule has 0 atom stereocenters. The summed E-state index contributed by atoms with van der Waals surface area (Å²) in [7, 11) is 1.50. The maximum Gasteiger partial charge on any atom is 0.329 e. The highest BCUT2D eigenvalue weighted by molar-refractivity contribution is 9.10. The van der Waals surface area contributed by atoms with Crippen molar-refractivity contribution in [2.45, 2.75) is 25.0 Å². The molecule has 1 N–H and O–H groups in total. The third-order valence-electron chi connectivity index (χ3n) is 5.36. The highest BCUT2D eigenvalue weighted by Gasteiger charge is 2.40. The highest BCUT2D eigenvalue weighted by atomic mass is 79.9. The molecule has 0 radical (unpaired) electrons. The molecule has 0 bridgehead atoms. The number of halogens is 1.